The third-order valence-corrected chi connectivity index (χ3v) is 2.80. The highest BCUT2D eigenvalue weighted by atomic mass is 15.3. The lowest BCUT2D eigenvalue weighted by atomic mass is 10.3. The molecule has 2 aromatic heterocycles. The minimum Gasteiger partial charge on any atom is -0.377 e. The van der Waals surface area contributed by atoms with Gasteiger partial charge in [-0.2, -0.15) is 5.10 Å². The first kappa shape index (κ1) is 11.5. The van der Waals surface area contributed by atoms with Gasteiger partial charge < -0.3 is 5.32 Å². The molecule has 0 fully saturated rings. The molecule has 0 atom stereocenters. The Morgan fingerprint density at radius 2 is 1.84 bits per heavy atom. The number of hydrogen-bond acceptors (Lipinski definition) is 3. The van der Waals surface area contributed by atoms with E-state index in [0.717, 1.165) is 17.1 Å². The lowest BCUT2D eigenvalue weighted by Crippen LogP contribution is -2.00. The van der Waals surface area contributed by atoms with E-state index in [4.69, 9.17) is 0 Å². The SMILES string of the molecule is c1ccc(-n2cc(NCc3ccccn3)cn2)cc1. The van der Waals surface area contributed by atoms with Gasteiger partial charge in [-0.15, -0.1) is 0 Å². The number of aromatic nitrogens is 3. The van der Waals surface area contributed by atoms with Crippen LogP contribution in [-0.2, 0) is 6.54 Å². The van der Waals surface area contributed by atoms with E-state index in [0.29, 0.717) is 6.54 Å². The maximum atomic E-state index is 4.33. The number of rotatable bonds is 4. The molecule has 0 radical (unpaired) electrons. The summed E-state index contributed by atoms with van der Waals surface area (Å²) in [5.41, 5.74) is 3.04. The van der Waals surface area contributed by atoms with E-state index in [1.165, 1.54) is 0 Å². The van der Waals surface area contributed by atoms with Crippen LogP contribution in [0.3, 0.4) is 0 Å². The molecule has 19 heavy (non-hydrogen) atoms. The molecular formula is C15H14N4. The zero-order valence-electron chi connectivity index (χ0n) is 10.4. The van der Waals surface area contributed by atoms with Gasteiger partial charge in [0.1, 0.15) is 0 Å². The molecule has 2 heterocycles. The topological polar surface area (TPSA) is 42.7 Å². The first-order valence-corrected chi connectivity index (χ1v) is 6.16. The Morgan fingerprint density at radius 3 is 2.63 bits per heavy atom. The van der Waals surface area contributed by atoms with Crippen LogP contribution in [0.2, 0.25) is 0 Å². The number of para-hydroxylation sites is 1. The normalized spacial score (nSPS) is 10.3. The van der Waals surface area contributed by atoms with Crippen LogP contribution < -0.4 is 5.32 Å². The van der Waals surface area contributed by atoms with E-state index in [-0.39, 0.29) is 0 Å². The number of anilines is 1. The zero-order chi connectivity index (χ0) is 12.9. The monoisotopic (exact) mass is 250 g/mol. The van der Waals surface area contributed by atoms with Gasteiger partial charge in [0.25, 0.3) is 0 Å². The van der Waals surface area contributed by atoms with Crippen molar-refractivity contribution in [1.29, 1.82) is 0 Å². The Morgan fingerprint density at radius 1 is 1.00 bits per heavy atom. The van der Waals surface area contributed by atoms with Crippen molar-refractivity contribution in [3.63, 3.8) is 0 Å². The van der Waals surface area contributed by atoms with E-state index in [1.807, 2.05) is 65.6 Å². The molecule has 0 aliphatic heterocycles. The Bertz CT molecular complexity index is 632. The second kappa shape index (κ2) is 5.35. The number of pyridine rings is 1. The zero-order valence-corrected chi connectivity index (χ0v) is 10.4. The standard InChI is InChI=1S/C15H14N4/c1-2-7-15(8-3-1)19-12-14(11-18-19)17-10-13-6-4-5-9-16-13/h1-9,11-12,17H,10H2. The Balaban J connectivity index is 1.69. The summed E-state index contributed by atoms with van der Waals surface area (Å²) in [6.07, 6.45) is 5.58. The summed E-state index contributed by atoms with van der Waals surface area (Å²) in [7, 11) is 0. The molecule has 0 aliphatic carbocycles. The second-order valence-corrected chi connectivity index (χ2v) is 4.18. The first-order valence-electron chi connectivity index (χ1n) is 6.16. The van der Waals surface area contributed by atoms with Crippen molar-refractivity contribution < 1.29 is 0 Å². The molecule has 3 aromatic rings. The fourth-order valence-electron chi connectivity index (χ4n) is 1.83. The summed E-state index contributed by atoms with van der Waals surface area (Å²) in [5, 5.41) is 7.64. The van der Waals surface area contributed by atoms with Crippen molar-refractivity contribution in [1.82, 2.24) is 14.8 Å². The average molecular weight is 250 g/mol. The number of hydrogen-bond donors (Lipinski definition) is 1. The van der Waals surface area contributed by atoms with Gasteiger partial charge in [-0.3, -0.25) is 4.98 Å². The maximum absolute atomic E-state index is 4.33. The van der Waals surface area contributed by atoms with Gasteiger partial charge in [0.15, 0.2) is 0 Å². The lowest BCUT2D eigenvalue weighted by molar-refractivity contribution is 0.880. The van der Waals surface area contributed by atoms with Gasteiger partial charge >= 0.3 is 0 Å². The van der Waals surface area contributed by atoms with Gasteiger partial charge in [0.2, 0.25) is 0 Å². The molecule has 4 nitrogen and oxygen atoms in total. The van der Waals surface area contributed by atoms with E-state index in [2.05, 4.69) is 15.4 Å². The van der Waals surface area contributed by atoms with E-state index >= 15 is 0 Å². The highest BCUT2D eigenvalue weighted by Gasteiger charge is 2.00. The summed E-state index contributed by atoms with van der Waals surface area (Å²) >= 11 is 0. The minimum absolute atomic E-state index is 0.696. The van der Waals surface area contributed by atoms with Gasteiger partial charge in [0.05, 0.1) is 36.0 Å². The van der Waals surface area contributed by atoms with E-state index < -0.39 is 0 Å². The highest BCUT2D eigenvalue weighted by molar-refractivity contribution is 5.42. The number of nitrogens with zero attached hydrogens (tertiary/aromatic N) is 3. The molecule has 0 aliphatic rings. The lowest BCUT2D eigenvalue weighted by Gasteiger charge is -2.02. The van der Waals surface area contributed by atoms with Crippen LogP contribution in [0, 0.1) is 0 Å². The molecule has 4 heteroatoms. The van der Waals surface area contributed by atoms with Gasteiger partial charge in [-0.1, -0.05) is 24.3 Å². The van der Waals surface area contributed by atoms with Crippen LogP contribution in [0.5, 0.6) is 0 Å². The predicted octanol–water partition coefficient (Wildman–Crippen LogP) is 2.88. The molecule has 0 spiro atoms. The quantitative estimate of drug-likeness (QED) is 0.774. The summed E-state index contributed by atoms with van der Waals surface area (Å²) in [5.74, 6) is 0. The number of benzene rings is 1. The summed E-state index contributed by atoms with van der Waals surface area (Å²) in [6.45, 7) is 0.696. The molecule has 0 bridgehead atoms. The minimum atomic E-state index is 0.696. The van der Waals surface area contributed by atoms with Gasteiger partial charge in [-0.25, -0.2) is 4.68 Å². The Labute approximate surface area is 111 Å². The molecule has 0 saturated heterocycles. The van der Waals surface area contributed by atoms with Crippen molar-refractivity contribution in [3.05, 3.63) is 72.8 Å². The largest absolute Gasteiger partial charge is 0.377 e. The maximum Gasteiger partial charge on any atom is 0.0734 e. The van der Waals surface area contributed by atoms with Gasteiger partial charge in [-0.05, 0) is 24.3 Å². The predicted molar refractivity (Wildman–Crippen MR) is 75.1 cm³/mol. The molecular weight excluding hydrogens is 236 g/mol. The molecule has 3 rings (SSSR count). The van der Waals surface area contributed by atoms with Crippen LogP contribution in [0.25, 0.3) is 5.69 Å². The van der Waals surface area contributed by atoms with Crippen LogP contribution in [-0.4, -0.2) is 14.8 Å². The Hall–Kier alpha value is -2.62. The van der Waals surface area contributed by atoms with Gasteiger partial charge in [0, 0.05) is 6.20 Å². The van der Waals surface area contributed by atoms with Crippen molar-refractivity contribution in [2.75, 3.05) is 5.32 Å². The molecule has 1 aromatic carbocycles. The van der Waals surface area contributed by atoms with Crippen molar-refractivity contribution >= 4 is 5.69 Å². The third-order valence-electron chi connectivity index (χ3n) is 2.80. The summed E-state index contributed by atoms with van der Waals surface area (Å²) < 4.78 is 1.85. The third kappa shape index (κ3) is 2.80. The van der Waals surface area contributed by atoms with Crippen LogP contribution in [0.4, 0.5) is 5.69 Å². The fraction of sp³-hybridized carbons (Fsp3) is 0.0667. The number of nitrogens with one attached hydrogen (secondary N) is 1. The van der Waals surface area contributed by atoms with Crippen LogP contribution >= 0.6 is 0 Å². The van der Waals surface area contributed by atoms with Crippen LogP contribution in [0.15, 0.2) is 67.1 Å². The molecule has 94 valence electrons. The molecule has 0 amide bonds. The molecule has 0 saturated carbocycles. The molecule has 0 unspecified atom stereocenters. The average Bonchev–Trinajstić information content (AvgIpc) is 2.96. The highest BCUT2D eigenvalue weighted by Crippen LogP contribution is 2.11. The van der Waals surface area contributed by atoms with E-state index in [1.54, 1.807) is 6.20 Å². The summed E-state index contributed by atoms with van der Waals surface area (Å²) in [6, 6.07) is 15.9. The molecule has 1 N–H and O–H groups in total. The van der Waals surface area contributed by atoms with E-state index in [9.17, 15) is 0 Å². The fourth-order valence-corrected chi connectivity index (χ4v) is 1.83. The van der Waals surface area contributed by atoms with Crippen molar-refractivity contribution in [2.24, 2.45) is 0 Å². The van der Waals surface area contributed by atoms with Crippen molar-refractivity contribution in [3.8, 4) is 5.69 Å². The summed E-state index contributed by atoms with van der Waals surface area (Å²) in [4.78, 5) is 4.27. The second-order valence-electron chi connectivity index (χ2n) is 4.18. The Kier molecular flexibility index (Phi) is 3.23. The smallest absolute Gasteiger partial charge is 0.0734 e. The van der Waals surface area contributed by atoms with Crippen molar-refractivity contribution in [2.45, 2.75) is 6.54 Å². The van der Waals surface area contributed by atoms with Crippen LogP contribution in [0.1, 0.15) is 5.69 Å². The first-order chi connectivity index (χ1) is 9.42.